The first-order valence-electron chi connectivity index (χ1n) is 10.2. The molecule has 2 N–H and O–H groups in total. The lowest BCUT2D eigenvalue weighted by atomic mass is 10.1. The van der Waals surface area contributed by atoms with Crippen LogP contribution in [0.4, 0.5) is 5.69 Å². The normalized spacial score (nSPS) is 16.7. The largest absolute Gasteiger partial charge is 0.348 e. The molecule has 0 saturated carbocycles. The number of rotatable bonds is 7. The lowest BCUT2D eigenvalue weighted by molar-refractivity contribution is 0.0937. The summed E-state index contributed by atoms with van der Waals surface area (Å²) in [5, 5.41) is 3.09. The predicted molar refractivity (Wildman–Crippen MR) is 121 cm³/mol. The van der Waals surface area contributed by atoms with Crippen LogP contribution in [0.25, 0.3) is 0 Å². The van der Waals surface area contributed by atoms with Crippen LogP contribution >= 0.6 is 0 Å². The summed E-state index contributed by atoms with van der Waals surface area (Å²) >= 11 is 0. The van der Waals surface area contributed by atoms with Gasteiger partial charge >= 0.3 is 0 Å². The van der Waals surface area contributed by atoms with Gasteiger partial charge in [-0.05, 0) is 48.4 Å². The van der Waals surface area contributed by atoms with Crippen LogP contribution in [0.3, 0.4) is 0 Å². The molecule has 1 aliphatic heterocycles. The maximum absolute atomic E-state index is 12.6. The Labute approximate surface area is 183 Å². The molecule has 160 valence electrons. The molecule has 1 atom stereocenters. The molecule has 1 fully saturated rings. The lowest BCUT2D eigenvalue weighted by Crippen LogP contribution is -2.36. The first-order chi connectivity index (χ1) is 15.0. The van der Waals surface area contributed by atoms with E-state index in [2.05, 4.69) is 27.1 Å². The number of carbonyl (C=O) groups is 1. The molecule has 0 aliphatic carbocycles. The van der Waals surface area contributed by atoms with Crippen LogP contribution in [0, 0.1) is 0 Å². The van der Waals surface area contributed by atoms with Gasteiger partial charge in [0.15, 0.2) is 0 Å². The monoisotopic (exact) mass is 435 g/mol. The maximum atomic E-state index is 12.6. The third-order valence-corrected chi connectivity index (χ3v) is 6.71. The molecule has 1 amide bonds. The molecule has 0 unspecified atom stereocenters. The molecule has 3 aromatic rings. The third-order valence-electron chi connectivity index (χ3n) is 5.31. The van der Waals surface area contributed by atoms with E-state index in [1.54, 1.807) is 42.5 Å². The number of hydrogen-bond donors (Lipinski definition) is 2. The highest BCUT2D eigenvalue weighted by Crippen LogP contribution is 2.18. The second-order valence-corrected chi connectivity index (χ2v) is 9.36. The van der Waals surface area contributed by atoms with Gasteiger partial charge in [0.05, 0.1) is 4.90 Å². The minimum Gasteiger partial charge on any atom is -0.348 e. The summed E-state index contributed by atoms with van der Waals surface area (Å²) in [6.45, 7) is 2.64. The molecule has 0 aromatic heterocycles. The SMILES string of the molecule is O=C(N[C@H]1CCN(Cc2ccccc2)C1)c1ccc(NS(=O)(=O)c2ccccc2)cc1. The maximum Gasteiger partial charge on any atom is 0.261 e. The summed E-state index contributed by atoms with van der Waals surface area (Å²) in [4.78, 5) is 15.1. The van der Waals surface area contributed by atoms with Crippen molar-refractivity contribution in [1.82, 2.24) is 10.2 Å². The highest BCUT2D eigenvalue weighted by molar-refractivity contribution is 7.92. The molecular weight excluding hydrogens is 410 g/mol. The second kappa shape index (κ2) is 9.32. The van der Waals surface area contributed by atoms with Crippen molar-refractivity contribution in [2.75, 3.05) is 17.8 Å². The van der Waals surface area contributed by atoms with Gasteiger partial charge in [-0.1, -0.05) is 48.5 Å². The zero-order valence-corrected chi connectivity index (χ0v) is 17.9. The van der Waals surface area contributed by atoms with Crippen LogP contribution < -0.4 is 10.0 Å². The van der Waals surface area contributed by atoms with Crippen molar-refractivity contribution in [2.24, 2.45) is 0 Å². The number of carbonyl (C=O) groups excluding carboxylic acids is 1. The summed E-state index contributed by atoms with van der Waals surface area (Å²) in [5.74, 6) is -0.149. The zero-order valence-electron chi connectivity index (χ0n) is 17.1. The molecule has 0 bridgehead atoms. The van der Waals surface area contributed by atoms with E-state index >= 15 is 0 Å². The van der Waals surface area contributed by atoms with Gasteiger partial charge in [0.25, 0.3) is 15.9 Å². The van der Waals surface area contributed by atoms with Crippen molar-refractivity contribution in [1.29, 1.82) is 0 Å². The fraction of sp³-hybridized carbons (Fsp3) is 0.208. The highest BCUT2D eigenvalue weighted by Gasteiger charge is 2.24. The number of amides is 1. The van der Waals surface area contributed by atoms with Gasteiger partial charge in [0.2, 0.25) is 0 Å². The summed E-state index contributed by atoms with van der Waals surface area (Å²) < 4.78 is 27.4. The van der Waals surface area contributed by atoms with Gasteiger partial charge in [0.1, 0.15) is 0 Å². The molecule has 31 heavy (non-hydrogen) atoms. The van der Waals surface area contributed by atoms with Gasteiger partial charge in [-0.15, -0.1) is 0 Å². The number of anilines is 1. The standard InChI is InChI=1S/C24H25N3O3S/c28-24(25-22-15-16-27(18-22)17-19-7-3-1-4-8-19)20-11-13-21(14-12-20)26-31(29,30)23-9-5-2-6-10-23/h1-14,22,26H,15-18H2,(H,25,28)/t22-/m0/s1. The lowest BCUT2D eigenvalue weighted by Gasteiger charge is -2.17. The van der Waals surface area contributed by atoms with E-state index < -0.39 is 10.0 Å². The number of sulfonamides is 1. The van der Waals surface area contributed by atoms with Gasteiger partial charge in [-0.2, -0.15) is 0 Å². The molecule has 0 radical (unpaired) electrons. The number of nitrogens with one attached hydrogen (secondary N) is 2. The van der Waals surface area contributed by atoms with Gasteiger partial charge in [0, 0.05) is 36.9 Å². The Kier molecular flexibility index (Phi) is 6.34. The molecule has 1 saturated heterocycles. The van der Waals surface area contributed by atoms with Crippen LogP contribution in [0.2, 0.25) is 0 Å². The molecule has 7 heteroatoms. The Balaban J connectivity index is 1.32. The number of benzene rings is 3. The van der Waals surface area contributed by atoms with Gasteiger partial charge < -0.3 is 5.32 Å². The Bertz CT molecular complexity index is 1120. The average Bonchev–Trinajstić information content (AvgIpc) is 3.22. The Hall–Kier alpha value is -3.16. The Morgan fingerprint density at radius 1 is 0.903 bits per heavy atom. The average molecular weight is 436 g/mol. The minimum absolute atomic E-state index is 0.104. The van der Waals surface area contributed by atoms with E-state index in [0.29, 0.717) is 11.3 Å². The first-order valence-corrected chi connectivity index (χ1v) is 11.7. The van der Waals surface area contributed by atoms with E-state index in [4.69, 9.17) is 0 Å². The quantitative estimate of drug-likeness (QED) is 0.596. The van der Waals surface area contributed by atoms with Crippen molar-refractivity contribution in [3.05, 3.63) is 96.1 Å². The molecule has 3 aromatic carbocycles. The fourth-order valence-corrected chi connectivity index (χ4v) is 4.79. The van der Waals surface area contributed by atoms with E-state index in [9.17, 15) is 13.2 Å². The number of nitrogens with zero attached hydrogens (tertiary/aromatic N) is 1. The van der Waals surface area contributed by atoms with E-state index in [1.807, 2.05) is 18.2 Å². The molecule has 1 heterocycles. The van der Waals surface area contributed by atoms with E-state index in [0.717, 1.165) is 26.1 Å². The van der Waals surface area contributed by atoms with Gasteiger partial charge in [-0.3, -0.25) is 14.4 Å². The van der Waals surface area contributed by atoms with Crippen molar-refractivity contribution in [3.63, 3.8) is 0 Å². The summed E-state index contributed by atoms with van der Waals surface area (Å²) in [6.07, 6.45) is 0.910. The summed E-state index contributed by atoms with van der Waals surface area (Å²) in [5.41, 5.74) is 2.18. The van der Waals surface area contributed by atoms with Crippen molar-refractivity contribution in [2.45, 2.75) is 23.9 Å². The summed E-state index contributed by atoms with van der Waals surface area (Å²) in [7, 11) is -3.65. The molecule has 4 rings (SSSR count). The Morgan fingerprint density at radius 3 is 2.23 bits per heavy atom. The van der Waals surface area contributed by atoms with Crippen molar-refractivity contribution < 1.29 is 13.2 Å². The van der Waals surface area contributed by atoms with Crippen molar-refractivity contribution in [3.8, 4) is 0 Å². The van der Waals surface area contributed by atoms with E-state index in [-0.39, 0.29) is 16.8 Å². The summed E-state index contributed by atoms with van der Waals surface area (Å²) in [6, 6.07) is 25.1. The number of hydrogen-bond acceptors (Lipinski definition) is 4. The predicted octanol–water partition coefficient (Wildman–Crippen LogP) is 3.49. The smallest absolute Gasteiger partial charge is 0.261 e. The topological polar surface area (TPSA) is 78.5 Å². The Morgan fingerprint density at radius 2 is 1.55 bits per heavy atom. The molecular formula is C24H25N3O3S. The third kappa shape index (κ3) is 5.51. The van der Waals surface area contributed by atoms with Crippen LogP contribution in [0.5, 0.6) is 0 Å². The van der Waals surface area contributed by atoms with Gasteiger partial charge in [-0.25, -0.2) is 8.42 Å². The highest BCUT2D eigenvalue weighted by atomic mass is 32.2. The molecule has 0 spiro atoms. The number of likely N-dealkylation sites (tertiary alicyclic amines) is 1. The molecule has 1 aliphatic rings. The van der Waals surface area contributed by atoms with Crippen LogP contribution in [0.1, 0.15) is 22.3 Å². The first kappa shape index (κ1) is 21.1. The van der Waals surface area contributed by atoms with Crippen LogP contribution in [-0.4, -0.2) is 38.4 Å². The molecule has 6 nitrogen and oxygen atoms in total. The van der Waals surface area contributed by atoms with Crippen LogP contribution in [0.15, 0.2) is 89.8 Å². The minimum atomic E-state index is -3.65. The van der Waals surface area contributed by atoms with E-state index in [1.165, 1.54) is 17.7 Å². The van der Waals surface area contributed by atoms with Crippen LogP contribution in [-0.2, 0) is 16.6 Å². The van der Waals surface area contributed by atoms with Crippen molar-refractivity contribution >= 4 is 21.6 Å². The zero-order chi connectivity index (χ0) is 21.7. The second-order valence-electron chi connectivity index (χ2n) is 7.68. The fourth-order valence-electron chi connectivity index (χ4n) is 3.71.